The molecule has 1 unspecified atom stereocenters. The van der Waals surface area contributed by atoms with Gasteiger partial charge < -0.3 is 41.5 Å². The number of carboxylic acids is 2. The molecule has 1 aliphatic heterocycles. The van der Waals surface area contributed by atoms with Gasteiger partial charge in [0.2, 0.25) is 17.7 Å². The number of rotatable bonds is 15. The summed E-state index contributed by atoms with van der Waals surface area (Å²) in [4.78, 5) is 141. The minimum absolute atomic E-state index is 0.0212. The second-order valence-electron chi connectivity index (χ2n) is 20.0. The maximum Gasteiger partial charge on any atom is 0.307 e. The van der Waals surface area contributed by atoms with Crippen molar-refractivity contribution >= 4 is 121 Å². The molecule has 442 valence electrons. The van der Waals surface area contributed by atoms with Gasteiger partial charge in [-0.1, -0.05) is 51.1 Å². The average Bonchev–Trinajstić information content (AvgIpc) is 3.50. The molecule has 10 bridgehead atoms. The molecule has 0 radical (unpaired) electrons. The molecule has 1 aromatic carbocycles. The van der Waals surface area contributed by atoms with Crippen molar-refractivity contribution in [1.82, 2.24) is 56.2 Å². The molecule has 29 heteroatoms. The van der Waals surface area contributed by atoms with Crippen LogP contribution in [0.15, 0.2) is 64.0 Å². The molecule has 7 aromatic heterocycles. The first-order chi connectivity index (χ1) is 40.8. The Morgan fingerprint density at radius 3 is 2.15 bits per heavy atom. The van der Waals surface area contributed by atoms with Crippen LogP contribution in [0.3, 0.4) is 0 Å². The molecule has 85 heavy (non-hydrogen) atoms. The lowest BCUT2D eigenvalue weighted by Crippen LogP contribution is -2.40. The number of fused-ring (bicyclic) bond motifs is 14. The number of benzene rings is 1. The molecular weight excluding hydrogens is 1210 g/mol. The number of aromatic nitrogens is 7. The number of carbonyl (C=O) groups excluding carboxylic acids is 6. The standard InChI is InChI=1S/C56H56N12O11S6/c1-25(2)31-17-37(69)45-27(4)84-54(67-45)33(18-41(71)57-5)60-48(75)35-22-80-50(62-35)30-13-14-32(52-65-39(24-83-52)64-40(70)15-12-29(56(77)78)16-43(73)74)59-46(30)34-21-81-53(61-34)36-23-82-55(63-36)44(26(3)28-10-8-7-9-11-28)66-42(72)19-58-49(76)47-38(20-79-6)85-51(31)68-47/h7-11,13-14,21-26,29,31,33,44H,12,15-20H2,1-6H3,(H,57,71)(H,58,76)(H,60,75)(H,64,70)(H,66,72)(H,73,74)(H,77,78)/t26-,29+,31?,33-,44-/m0/s1. The number of nitrogens with zero attached hydrogens (tertiary/aromatic N) is 7. The van der Waals surface area contributed by atoms with Crippen LogP contribution in [0.5, 0.6) is 0 Å². The molecule has 8 aromatic rings. The monoisotopic (exact) mass is 1260 g/mol. The largest absolute Gasteiger partial charge is 0.481 e. The topological polar surface area (TPSA) is 337 Å². The van der Waals surface area contributed by atoms with Crippen molar-refractivity contribution in [1.29, 1.82) is 0 Å². The van der Waals surface area contributed by atoms with Crippen molar-refractivity contribution in [2.45, 2.75) is 90.3 Å². The van der Waals surface area contributed by atoms with Crippen LogP contribution in [-0.2, 0) is 35.3 Å². The van der Waals surface area contributed by atoms with Gasteiger partial charge in [0.15, 0.2) is 5.78 Å². The summed E-state index contributed by atoms with van der Waals surface area (Å²) in [5.41, 5.74) is 3.32. The minimum atomic E-state index is -1.32. The predicted molar refractivity (Wildman–Crippen MR) is 323 cm³/mol. The highest BCUT2D eigenvalue weighted by molar-refractivity contribution is 7.15. The molecule has 1 aliphatic rings. The summed E-state index contributed by atoms with van der Waals surface area (Å²) >= 11 is 7.38. The van der Waals surface area contributed by atoms with E-state index in [0.717, 1.165) is 5.56 Å². The van der Waals surface area contributed by atoms with E-state index in [1.54, 1.807) is 35.2 Å². The molecule has 7 N–H and O–H groups in total. The minimum Gasteiger partial charge on any atom is -0.481 e. The molecule has 5 atom stereocenters. The van der Waals surface area contributed by atoms with E-state index in [2.05, 4.69) is 31.6 Å². The molecular formula is C56H56N12O11S6. The smallest absolute Gasteiger partial charge is 0.307 e. The number of hydrogen-bond acceptors (Lipinski definition) is 22. The Morgan fingerprint density at radius 1 is 0.718 bits per heavy atom. The average molecular weight is 1270 g/mol. The maximum absolute atomic E-state index is 14.4. The summed E-state index contributed by atoms with van der Waals surface area (Å²) in [5, 5.41) is 42.2. The maximum atomic E-state index is 14.4. The molecule has 23 nitrogen and oxygen atoms in total. The van der Waals surface area contributed by atoms with Gasteiger partial charge in [0.25, 0.3) is 11.8 Å². The second kappa shape index (κ2) is 27.4. The second-order valence-corrected chi connectivity index (χ2v) is 25.8. The van der Waals surface area contributed by atoms with E-state index >= 15 is 0 Å². The first-order valence-corrected chi connectivity index (χ1v) is 31.6. The Morgan fingerprint density at radius 2 is 1.42 bits per heavy atom. The van der Waals surface area contributed by atoms with E-state index < -0.39 is 78.4 Å². The van der Waals surface area contributed by atoms with Gasteiger partial charge in [0, 0.05) is 70.8 Å². The number of Topliss-reactive ketones (excluding diaryl/α,β-unsaturated/α-hetero) is 1. The van der Waals surface area contributed by atoms with Crippen LogP contribution in [-0.4, -0.2) is 113 Å². The normalized spacial score (nSPS) is 16.6. The molecule has 5 amide bonds. The predicted octanol–water partition coefficient (Wildman–Crippen LogP) is 9.16. The van der Waals surface area contributed by atoms with Crippen molar-refractivity contribution in [2.75, 3.05) is 26.0 Å². The molecule has 0 spiro atoms. The molecule has 8 heterocycles. The van der Waals surface area contributed by atoms with Gasteiger partial charge in [0.05, 0.1) is 59.6 Å². The van der Waals surface area contributed by atoms with Crippen LogP contribution in [0.25, 0.3) is 43.4 Å². The number of pyridine rings is 1. The number of aryl methyl sites for hydroxylation is 1. The van der Waals surface area contributed by atoms with E-state index in [1.807, 2.05) is 56.5 Å². The number of ether oxygens (including phenoxy) is 1. The Bertz CT molecular complexity index is 3810. The first-order valence-electron chi connectivity index (χ1n) is 26.5. The quantitative estimate of drug-likeness (QED) is 0.0503. The summed E-state index contributed by atoms with van der Waals surface area (Å²) in [6.45, 7) is 7.26. The van der Waals surface area contributed by atoms with Crippen LogP contribution in [0.1, 0.15) is 139 Å². The lowest BCUT2D eigenvalue weighted by Gasteiger charge is -2.24. The van der Waals surface area contributed by atoms with E-state index in [1.165, 1.54) is 82.2 Å². The Balaban J connectivity index is 1.10. The van der Waals surface area contributed by atoms with Crippen molar-refractivity contribution in [3.8, 4) is 43.4 Å². The summed E-state index contributed by atoms with van der Waals surface area (Å²) in [5.74, 6) is -7.54. The molecule has 0 fully saturated rings. The van der Waals surface area contributed by atoms with Crippen LogP contribution in [0, 0.1) is 18.8 Å². The fraction of sp³-hybridized carbons (Fsp3) is 0.339. The highest BCUT2D eigenvalue weighted by Gasteiger charge is 2.33. The van der Waals surface area contributed by atoms with Gasteiger partial charge >= 0.3 is 11.9 Å². The van der Waals surface area contributed by atoms with Gasteiger partial charge in [-0.05, 0) is 37.0 Å². The van der Waals surface area contributed by atoms with Gasteiger partial charge in [-0.2, -0.15) is 0 Å². The fourth-order valence-corrected chi connectivity index (χ4v) is 14.8. The number of carbonyl (C=O) groups is 8. The SMILES string of the molecule is CNC(=O)C[C@@H]1NC(=O)c2csc(n2)-c2ccc(-c3nc(NC(=O)CC[C@H](CC(=O)O)C(=O)O)cs3)nc2-c2csc(n2)-c2csc(n2)[C@H]([C@@H](C)c2ccccc2)NC(=O)CNC(=O)c2nc(sc2COC)C(C(C)C)CC(=O)c2nc1sc2C. The van der Waals surface area contributed by atoms with E-state index in [0.29, 0.717) is 68.1 Å². The van der Waals surface area contributed by atoms with Crippen LogP contribution < -0.4 is 26.6 Å². The third-order valence-corrected chi connectivity index (χ3v) is 19.5. The number of amides is 5. The summed E-state index contributed by atoms with van der Waals surface area (Å²) in [6, 6.07) is 11.5. The number of methoxy groups -OCH3 is 1. The number of hydrogen-bond donors (Lipinski definition) is 7. The van der Waals surface area contributed by atoms with Crippen molar-refractivity contribution in [3.63, 3.8) is 0 Å². The molecule has 9 rings (SSSR count). The van der Waals surface area contributed by atoms with Crippen molar-refractivity contribution in [2.24, 2.45) is 11.8 Å². The lowest BCUT2D eigenvalue weighted by atomic mass is 9.90. The molecule has 0 aliphatic carbocycles. The Labute approximate surface area is 510 Å². The van der Waals surface area contributed by atoms with Gasteiger partial charge in [-0.25, -0.2) is 34.9 Å². The zero-order chi connectivity index (χ0) is 60.6. The highest BCUT2D eigenvalue weighted by Crippen LogP contribution is 2.41. The van der Waals surface area contributed by atoms with Crippen LogP contribution in [0.4, 0.5) is 5.82 Å². The first kappa shape index (κ1) is 61.6. The summed E-state index contributed by atoms with van der Waals surface area (Å²) in [7, 11) is 2.97. The third-order valence-electron chi connectivity index (χ3n) is 13.7. The summed E-state index contributed by atoms with van der Waals surface area (Å²) in [6.07, 6.45) is -1.33. The van der Waals surface area contributed by atoms with E-state index in [-0.39, 0.29) is 72.8 Å². The molecule has 0 saturated carbocycles. The number of anilines is 1. The van der Waals surface area contributed by atoms with Gasteiger partial charge in [-0.3, -0.25) is 38.4 Å². The van der Waals surface area contributed by atoms with Crippen LogP contribution in [0.2, 0.25) is 0 Å². The molecule has 0 saturated heterocycles. The highest BCUT2D eigenvalue weighted by atomic mass is 32.1. The number of ketones is 1. The fourth-order valence-electron chi connectivity index (χ4n) is 9.16. The van der Waals surface area contributed by atoms with Crippen LogP contribution >= 0.6 is 68.0 Å². The van der Waals surface area contributed by atoms with Crippen molar-refractivity contribution in [3.05, 3.63) is 111 Å². The van der Waals surface area contributed by atoms with Crippen molar-refractivity contribution < 1.29 is 53.3 Å². The zero-order valence-electron chi connectivity index (χ0n) is 46.4. The van der Waals surface area contributed by atoms with Gasteiger partial charge in [-0.15, -0.1) is 68.0 Å². The number of aliphatic carboxylic acids is 2. The number of thiazole rings is 6. The van der Waals surface area contributed by atoms with E-state index in [4.69, 9.17) is 39.7 Å². The third kappa shape index (κ3) is 14.8. The van der Waals surface area contributed by atoms with Gasteiger partial charge in [0.1, 0.15) is 65.0 Å². The number of carboxylic acid groups (broad SMARTS) is 2. The summed E-state index contributed by atoms with van der Waals surface area (Å²) < 4.78 is 5.49. The number of nitrogens with one attached hydrogen (secondary N) is 5. The Kier molecular flexibility index (Phi) is 19.9. The van der Waals surface area contributed by atoms with E-state index in [9.17, 15) is 43.5 Å². The Hall–Kier alpha value is -7.93. The lowest BCUT2D eigenvalue weighted by molar-refractivity contribution is -0.148. The zero-order valence-corrected chi connectivity index (χ0v) is 51.3.